The first-order chi connectivity index (χ1) is 9.54. The highest BCUT2D eigenvalue weighted by Crippen LogP contribution is 2.22. The van der Waals surface area contributed by atoms with Crippen molar-refractivity contribution in [2.24, 2.45) is 0 Å². The van der Waals surface area contributed by atoms with E-state index in [2.05, 4.69) is 15.9 Å². The first-order valence-electron chi connectivity index (χ1n) is 6.19. The van der Waals surface area contributed by atoms with Crippen molar-refractivity contribution in [2.75, 3.05) is 6.61 Å². The van der Waals surface area contributed by atoms with Gasteiger partial charge in [-0.1, -0.05) is 34.1 Å². The van der Waals surface area contributed by atoms with Crippen LogP contribution in [0.5, 0.6) is 5.75 Å². The van der Waals surface area contributed by atoms with E-state index in [0.29, 0.717) is 5.75 Å². The average Bonchev–Trinajstić information content (AvgIpc) is 2.42. The minimum absolute atomic E-state index is 0.00860. The van der Waals surface area contributed by atoms with Crippen molar-refractivity contribution in [3.8, 4) is 5.75 Å². The highest BCUT2D eigenvalue weighted by atomic mass is 79.9. The van der Waals surface area contributed by atoms with Crippen molar-refractivity contribution in [1.82, 2.24) is 0 Å². The summed E-state index contributed by atoms with van der Waals surface area (Å²) in [4.78, 5) is 11.8. The number of ketones is 1. The molecule has 0 amide bonds. The first-order valence-corrected chi connectivity index (χ1v) is 6.99. The summed E-state index contributed by atoms with van der Waals surface area (Å²) in [5, 5.41) is 0. The zero-order valence-electron chi connectivity index (χ0n) is 11.0. The Morgan fingerprint density at radius 2 is 1.90 bits per heavy atom. The summed E-state index contributed by atoms with van der Waals surface area (Å²) < 4.78 is 19.2. The fraction of sp³-hybridized carbons (Fsp3) is 0.188. The molecule has 0 N–H and O–H groups in total. The zero-order valence-corrected chi connectivity index (χ0v) is 12.6. The molecule has 2 rings (SSSR count). The fourth-order valence-electron chi connectivity index (χ4n) is 1.77. The van der Waals surface area contributed by atoms with Crippen LogP contribution < -0.4 is 4.74 Å². The molecule has 4 heteroatoms. The second-order valence-electron chi connectivity index (χ2n) is 4.54. The molecular weight excluding hydrogens is 323 g/mol. The molecule has 0 heterocycles. The Balaban J connectivity index is 1.92. The number of ether oxygens (including phenoxy) is 1. The van der Waals surface area contributed by atoms with Crippen LogP contribution >= 0.6 is 15.9 Å². The minimum atomic E-state index is -0.304. The molecule has 0 radical (unpaired) electrons. The van der Waals surface area contributed by atoms with Crippen LogP contribution in [-0.4, -0.2) is 12.4 Å². The molecule has 0 aliphatic carbocycles. The predicted molar refractivity (Wildman–Crippen MR) is 79.5 cm³/mol. The number of hydrogen-bond acceptors (Lipinski definition) is 2. The first kappa shape index (κ1) is 14.7. The van der Waals surface area contributed by atoms with Gasteiger partial charge in [-0.05, 0) is 42.3 Å². The molecule has 2 aromatic carbocycles. The molecule has 0 saturated heterocycles. The van der Waals surface area contributed by atoms with Gasteiger partial charge in [0.2, 0.25) is 0 Å². The highest BCUT2D eigenvalue weighted by Gasteiger charge is 2.07. The van der Waals surface area contributed by atoms with Gasteiger partial charge in [0.25, 0.3) is 0 Å². The number of Topliss-reactive ketones (excluding diaryl/α,β-unsaturated/α-hetero) is 1. The van der Waals surface area contributed by atoms with E-state index in [-0.39, 0.29) is 24.6 Å². The van der Waals surface area contributed by atoms with Crippen LogP contribution in [0.1, 0.15) is 11.1 Å². The van der Waals surface area contributed by atoms with Gasteiger partial charge in [0.1, 0.15) is 18.2 Å². The van der Waals surface area contributed by atoms with E-state index >= 15 is 0 Å². The van der Waals surface area contributed by atoms with Crippen molar-refractivity contribution >= 4 is 21.7 Å². The number of benzene rings is 2. The summed E-state index contributed by atoms with van der Waals surface area (Å²) in [5.74, 6) is 0.338. The molecule has 2 nitrogen and oxygen atoms in total. The van der Waals surface area contributed by atoms with Crippen molar-refractivity contribution in [3.05, 3.63) is 63.9 Å². The highest BCUT2D eigenvalue weighted by molar-refractivity contribution is 9.10. The van der Waals surface area contributed by atoms with Crippen molar-refractivity contribution in [2.45, 2.75) is 13.3 Å². The number of hydrogen-bond donors (Lipinski definition) is 0. The lowest BCUT2D eigenvalue weighted by atomic mass is 10.1. The number of carbonyl (C=O) groups is 1. The Bertz CT molecular complexity index is 608. The van der Waals surface area contributed by atoms with E-state index in [1.54, 1.807) is 12.1 Å². The summed E-state index contributed by atoms with van der Waals surface area (Å²) in [7, 11) is 0. The summed E-state index contributed by atoms with van der Waals surface area (Å²) in [6.45, 7) is 1.93. The predicted octanol–water partition coefficient (Wildman–Crippen LogP) is 4.09. The number of rotatable bonds is 5. The van der Waals surface area contributed by atoms with E-state index < -0.39 is 0 Å². The minimum Gasteiger partial charge on any atom is -0.486 e. The third-order valence-corrected chi connectivity index (χ3v) is 3.35. The van der Waals surface area contributed by atoms with Gasteiger partial charge in [-0.2, -0.15) is 0 Å². The van der Waals surface area contributed by atoms with E-state index in [1.807, 2.05) is 25.1 Å². The molecular formula is C16H14BrFO2. The second kappa shape index (κ2) is 6.66. The molecule has 0 aromatic heterocycles. The van der Waals surface area contributed by atoms with E-state index in [4.69, 9.17) is 4.74 Å². The summed E-state index contributed by atoms with van der Waals surface area (Å²) in [6, 6.07) is 11.6. The molecule has 0 fully saturated rings. The number of carbonyl (C=O) groups excluding carboxylic acids is 1. The molecule has 0 atom stereocenters. The largest absolute Gasteiger partial charge is 0.486 e. The van der Waals surface area contributed by atoms with Crippen molar-refractivity contribution < 1.29 is 13.9 Å². The molecule has 20 heavy (non-hydrogen) atoms. The Morgan fingerprint density at radius 3 is 2.60 bits per heavy atom. The molecule has 0 bridgehead atoms. The van der Waals surface area contributed by atoms with Crippen molar-refractivity contribution in [3.63, 3.8) is 0 Å². The Hall–Kier alpha value is -1.68. The third-order valence-electron chi connectivity index (χ3n) is 2.85. The van der Waals surface area contributed by atoms with Crippen LogP contribution in [0, 0.1) is 12.7 Å². The molecule has 0 aliphatic heterocycles. The molecule has 0 saturated carbocycles. The van der Waals surface area contributed by atoms with E-state index in [9.17, 15) is 9.18 Å². The van der Waals surface area contributed by atoms with Gasteiger partial charge in [-0.25, -0.2) is 4.39 Å². The quantitative estimate of drug-likeness (QED) is 0.822. The normalized spacial score (nSPS) is 10.3. The molecule has 0 spiro atoms. The fourth-order valence-corrected chi connectivity index (χ4v) is 2.11. The summed E-state index contributed by atoms with van der Waals surface area (Å²) >= 11 is 3.36. The van der Waals surface area contributed by atoms with E-state index in [1.165, 1.54) is 12.1 Å². The Kier molecular flexibility index (Phi) is 4.90. The maximum absolute atomic E-state index is 12.8. The Morgan fingerprint density at radius 1 is 1.20 bits per heavy atom. The van der Waals surface area contributed by atoms with Crippen LogP contribution in [0.25, 0.3) is 0 Å². The van der Waals surface area contributed by atoms with Gasteiger partial charge in [0.05, 0.1) is 0 Å². The molecule has 0 unspecified atom stereocenters. The Labute approximate surface area is 125 Å². The maximum atomic E-state index is 12.8. The van der Waals surface area contributed by atoms with Crippen LogP contribution in [0.4, 0.5) is 4.39 Å². The lowest BCUT2D eigenvalue weighted by Gasteiger charge is -2.09. The van der Waals surface area contributed by atoms with Crippen LogP contribution in [-0.2, 0) is 11.2 Å². The molecule has 0 aliphatic rings. The lowest BCUT2D eigenvalue weighted by molar-refractivity contribution is -0.120. The second-order valence-corrected chi connectivity index (χ2v) is 5.46. The van der Waals surface area contributed by atoms with Gasteiger partial charge in [0.15, 0.2) is 5.78 Å². The zero-order chi connectivity index (χ0) is 14.5. The van der Waals surface area contributed by atoms with Crippen LogP contribution in [0.2, 0.25) is 0 Å². The number of halogens is 2. The number of aryl methyl sites for hydroxylation is 1. The van der Waals surface area contributed by atoms with Gasteiger partial charge >= 0.3 is 0 Å². The maximum Gasteiger partial charge on any atom is 0.174 e. The monoisotopic (exact) mass is 336 g/mol. The summed E-state index contributed by atoms with van der Waals surface area (Å²) in [6.07, 6.45) is 0.243. The molecule has 2 aromatic rings. The van der Waals surface area contributed by atoms with Crippen molar-refractivity contribution in [1.29, 1.82) is 0 Å². The molecule has 104 valence electrons. The van der Waals surface area contributed by atoms with E-state index in [0.717, 1.165) is 15.6 Å². The van der Waals surface area contributed by atoms with Gasteiger partial charge in [-0.3, -0.25) is 4.79 Å². The lowest BCUT2D eigenvalue weighted by Crippen LogP contribution is -2.14. The topological polar surface area (TPSA) is 26.3 Å². The summed E-state index contributed by atoms with van der Waals surface area (Å²) in [5.41, 5.74) is 1.76. The third kappa shape index (κ3) is 4.17. The van der Waals surface area contributed by atoms with Gasteiger partial charge in [-0.15, -0.1) is 0 Å². The van der Waals surface area contributed by atoms with Gasteiger partial charge < -0.3 is 4.74 Å². The standard InChI is InChI=1S/C16H14BrFO2/c1-11-2-5-13(17)9-16(11)20-10-15(19)8-12-3-6-14(18)7-4-12/h2-7,9H,8,10H2,1H3. The SMILES string of the molecule is Cc1ccc(Br)cc1OCC(=O)Cc1ccc(F)cc1. The van der Waals surface area contributed by atoms with Gasteiger partial charge in [0, 0.05) is 10.9 Å². The average molecular weight is 337 g/mol. The smallest absolute Gasteiger partial charge is 0.174 e. The van der Waals surface area contributed by atoms with Crippen LogP contribution in [0.15, 0.2) is 46.9 Å². The van der Waals surface area contributed by atoms with Crippen LogP contribution in [0.3, 0.4) is 0 Å².